The van der Waals surface area contributed by atoms with Crippen LogP contribution in [0.1, 0.15) is 12.0 Å². The second-order valence-electron chi connectivity index (χ2n) is 3.38. The van der Waals surface area contributed by atoms with Gasteiger partial charge in [-0.3, -0.25) is 4.90 Å². The molecule has 0 N–H and O–H groups in total. The first-order chi connectivity index (χ1) is 6.25. The molecule has 0 radical (unpaired) electrons. The number of rotatable bonds is 2. The van der Waals surface area contributed by atoms with Crippen LogP contribution in [0.25, 0.3) is 0 Å². The van der Waals surface area contributed by atoms with Gasteiger partial charge >= 0.3 is 0 Å². The van der Waals surface area contributed by atoms with Gasteiger partial charge in [0.05, 0.1) is 5.02 Å². The van der Waals surface area contributed by atoms with E-state index in [9.17, 15) is 4.39 Å². The van der Waals surface area contributed by atoms with Crippen LogP contribution < -0.4 is 0 Å². The summed E-state index contributed by atoms with van der Waals surface area (Å²) >= 11 is 5.66. The van der Waals surface area contributed by atoms with Gasteiger partial charge in [-0.25, -0.2) is 4.39 Å². The predicted molar refractivity (Wildman–Crippen MR) is 51.3 cm³/mol. The lowest BCUT2D eigenvalue weighted by Crippen LogP contribution is -2.36. The van der Waals surface area contributed by atoms with Crippen molar-refractivity contribution in [3.8, 4) is 0 Å². The third-order valence-corrected chi connectivity index (χ3v) is 2.63. The van der Waals surface area contributed by atoms with E-state index in [1.165, 1.54) is 12.5 Å². The fraction of sp³-hybridized carbons (Fsp3) is 0.400. The van der Waals surface area contributed by atoms with Gasteiger partial charge in [0.25, 0.3) is 0 Å². The SMILES string of the molecule is Fc1ccc(CN2CCC2)cc1Cl. The van der Waals surface area contributed by atoms with Crippen LogP contribution in [-0.4, -0.2) is 18.0 Å². The summed E-state index contributed by atoms with van der Waals surface area (Å²) in [6.45, 7) is 3.18. The van der Waals surface area contributed by atoms with Gasteiger partial charge in [-0.1, -0.05) is 17.7 Å². The standard InChI is InChI=1S/C10H11ClFN/c11-9-6-8(2-3-10(9)12)7-13-4-1-5-13/h2-3,6H,1,4-5,7H2. The van der Waals surface area contributed by atoms with E-state index in [1.54, 1.807) is 12.1 Å². The Bertz CT molecular complexity index is 310. The molecule has 1 nitrogen and oxygen atoms in total. The first-order valence-corrected chi connectivity index (χ1v) is 4.80. The maximum absolute atomic E-state index is 12.8. The Morgan fingerprint density at radius 1 is 1.38 bits per heavy atom. The van der Waals surface area contributed by atoms with Crippen molar-refractivity contribution in [2.45, 2.75) is 13.0 Å². The molecule has 0 aliphatic carbocycles. The molecular weight excluding hydrogens is 189 g/mol. The number of halogens is 2. The lowest BCUT2D eigenvalue weighted by Gasteiger charge is -2.30. The Kier molecular flexibility index (Phi) is 2.51. The monoisotopic (exact) mass is 199 g/mol. The van der Waals surface area contributed by atoms with Crippen molar-refractivity contribution in [3.05, 3.63) is 34.6 Å². The molecule has 1 saturated heterocycles. The number of benzene rings is 1. The highest BCUT2D eigenvalue weighted by molar-refractivity contribution is 6.30. The zero-order valence-corrected chi connectivity index (χ0v) is 8.02. The number of nitrogens with zero attached hydrogens (tertiary/aromatic N) is 1. The summed E-state index contributed by atoms with van der Waals surface area (Å²) in [5.41, 5.74) is 1.09. The lowest BCUT2D eigenvalue weighted by molar-refractivity contribution is 0.172. The van der Waals surface area contributed by atoms with Gasteiger partial charge in [0.1, 0.15) is 5.82 Å². The fourth-order valence-electron chi connectivity index (χ4n) is 1.44. The van der Waals surface area contributed by atoms with E-state index >= 15 is 0 Å². The molecule has 0 amide bonds. The van der Waals surface area contributed by atoms with Gasteiger partial charge in [-0.2, -0.15) is 0 Å². The van der Waals surface area contributed by atoms with Crippen molar-refractivity contribution >= 4 is 11.6 Å². The molecule has 1 aromatic rings. The summed E-state index contributed by atoms with van der Waals surface area (Å²) in [7, 11) is 0. The van der Waals surface area contributed by atoms with Gasteiger partial charge < -0.3 is 0 Å². The van der Waals surface area contributed by atoms with Gasteiger partial charge in [0, 0.05) is 6.54 Å². The first kappa shape index (κ1) is 8.97. The van der Waals surface area contributed by atoms with Crippen LogP contribution in [0, 0.1) is 5.82 Å². The van der Waals surface area contributed by atoms with Crippen molar-refractivity contribution in [1.82, 2.24) is 4.90 Å². The topological polar surface area (TPSA) is 3.24 Å². The van der Waals surface area contributed by atoms with Gasteiger partial charge in [0.2, 0.25) is 0 Å². The minimum Gasteiger partial charge on any atom is -0.299 e. The van der Waals surface area contributed by atoms with Crippen LogP contribution in [0.3, 0.4) is 0 Å². The van der Waals surface area contributed by atoms with E-state index in [2.05, 4.69) is 4.90 Å². The zero-order valence-electron chi connectivity index (χ0n) is 7.26. The van der Waals surface area contributed by atoms with Crippen molar-refractivity contribution in [2.75, 3.05) is 13.1 Å². The second-order valence-corrected chi connectivity index (χ2v) is 3.79. The highest BCUT2D eigenvalue weighted by atomic mass is 35.5. The van der Waals surface area contributed by atoms with Crippen LogP contribution in [0.2, 0.25) is 5.02 Å². The third-order valence-electron chi connectivity index (χ3n) is 2.34. The highest BCUT2D eigenvalue weighted by Crippen LogP contribution is 2.18. The second kappa shape index (κ2) is 3.64. The Balaban J connectivity index is 2.07. The molecule has 0 unspecified atom stereocenters. The number of hydrogen-bond acceptors (Lipinski definition) is 1. The highest BCUT2D eigenvalue weighted by Gasteiger charge is 2.13. The molecule has 0 bridgehead atoms. The zero-order chi connectivity index (χ0) is 9.26. The summed E-state index contributed by atoms with van der Waals surface area (Å²) < 4.78 is 12.8. The van der Waals surface area contributed by atoms with Gasteiger partial charge in [-0.05, 0) is 37.2 Å². The molecule has 1 aromatic carbocycles. The Hall–Kier alpha value is -0.600. The van der Waals surface area contributed by atoms with Crippen molar-refractivity contribution < 1.29 is 4.39 Å². The van der Waals surface area contributed by atoms with Crippen molar-refractivity contribution in [1.29, 1.82) is 0 Å². The molecule has 2 rings (SSSR count). The minimum absolute atomic E-state index is 0.220. The van der Waals surface area contributed by atoms with E-state index < -0.39 is 0 Å². The number of hydrogen-bond donors (Lipinski definition) is 0. The Labute approximate surface area is 82.1 Å². The fourth-order valence-corrected chi connectivity index (χ4v) is 1.64. The smallest absolute Gasteiger partial charge is 0.141 e. The van der Waals surface area contributed by atoms with Crippen LogP contribution in [0.5, 0.6) is 0 Å². The van der Waals surface area contributed by atoms with Crippen LogP contribution in [0.15, 0.2) is 18.2 Å². The summed E-state index contributed by atoms with van der Waals surface area (Å²) in [4.78, 5) is 2.31. The summed E-state index contributed by atoms with van der Waals surface area (Å²) in [5.74, 6) is -0.339. The summed E-state index contributed by atoms with van der Waals surface area (Å²) in [6, 6.07) is 4.92. The molecule has 3 heteroatoms. The molecule has 13 heavy (non-hydrogen) atoms. The van der Waals surface area contributed by atoms with E-state index in [1.807, 2.05) is 0 Å². The van der Waals surface area contributed by atoms with E-state index in [-0.39, 0.29) is 10.8 Å². The first-order valence-electron chi connectivity index (χ1n) is 4.42. The average Bonchev–Trinajstić information content (AvgIpc) is 2.04. The summed E-state index contributed by atoms with van der Waals surface area (Å²) in [5, 5.41) is 0.220. The summed E-state index contributed by atoms with van der Waals surface area (Å²) in [6.07, 6.45) is 1.27. The molecule has 1 aliphatic rings. The molecule has 1 fully saturated rings. The van der Waals surface area contributed by atoms with Crippen molar-refractivity contribution in [3.63, 3.8) is 0 Å². The number of likely N-dealkylation sites (tertiary alicyclic amines) is 1. The molecule has 1 heterocycles. The normalized spacial score (nSPS) is 17.1. The molecule has 0 saturated carbocycles. The largest absolute Gasteiger partial charge is 0.299 e. The van der Waals surface area contributed by atoms with Gasteiger partial charge in [0.15, 0.2) is 0 Å². The molecule has 0 spiro atoms. The maximum atomic E-state index is 12.8. The van der Waals surface area contributed by atoms with Crippen LogP contribution in [0.4, 0.5) is 4.39 Å². The van der Waals surface area contributed by atoms with Gasteiger partial charge in [-0.15, -0.1) is 0 Å². The predicted octanol–water partition coefficient (Wildman–Crippen LogP) is 2.68. The van der Waals surface area contributed by atoms with Crippen LogP contribution >= 0.6 is 11.6 Å². The third kappa shape index (κ3) is 2.01. The van der Waals surface area contributed by atoms with E-state index in [0.29, 0.717) is 0 Å². The average molecular weight is 200 g/mol. The molecule has 1 aliphatic heterocycles. The molecular formula is C10H11ClFN. The minimum atomic E-state index is -0.339. The van der Waals surface area contributed by atoms with E-state index in [0.717, 1.165) is 25.2 Å². The molecule has 0 aromatic heterocycles. The van der Waals surface area contributed by atoms with Crippen LogP contribution in [-0.2, 0) is 6.54 Å². The Morgan fingerprint density at radius 2 is 2.15 bits per heavy atom. The molecule has 70 valence electrons. The maximum Gasteiger partial charge on any atom is 0.141 e. The Morgan fingerprint density at radius 3 is 2.69 bits per heavy atom. The van der Waals surface area contributed by atoms with Crippen molar-refractivity contribution in [2.24, 2.45) is 0 Å². The lowest BCUT2D eigenvalue weighted by atomic mass is 10.1. The van der Waals surface area contributed by atoms with E-state index in [4.69, 9.17) is 11.6 Å². The molecule has 0 atom stereocenters. The quantitative estimate of drug-likeness (QED) is 0.708.